The van der Waals surface area contributed by atoms with Crippen molar-refractivity contribution in [3.63, 3.8) is 0 Å². The van der Waals surface area contributed by atoms with Gasteiger partial charge in [-0.25, -0.2) is 4.79 Å². The minimum atomic E-state index is -5.16. The number of hydrogen-bond donors (Lipinski definition) is 0. The number of carbonyl (C=O) groups is 1. The molecule has 1 aliphatic heterocycles. The molecule has 33 heavy (non-hydrogen) atoms. The summed E-state index contributed by atoms with van der Waals surface area (Å²) >= 11 is 0. The molecule has 0 saturated carbocycles. The van der Waals surface area contributed by atoms with Gasteiger partial charge in [-0.1, -0.05) is 6.92 Å². The molecule has 1 aliphatic rings. The average molecular weight is 491 g/mol. The van der Waals surface area contributed by atoms with Gasteiger partial charge in [-0.05, 0) is 20.0 Å². The molecule has 1 aromatic carbocycles. The van der Waals surface area contributed by atoms with Crippen molar-refractivity contribution in [1.29, 1.82) is 0 Å². The van der Waals surface area contributed by atoms with E-state index in [0.717, 1.165) is 6.07 Å². The number of likely N-dealkylation sites (tertiary alicyclic amines) is 1. The third kappa shape index (κ3) is 5.01. The Balaban J connectivity index is 2.28. The summed E-state index contributed by atoms with van der Waals surface area (Å²) in [5.41, 5.74) is -0.280. The predicted octanol–water partition coefficient (Wildman–Crippen LogP) is 2.83. The van der Waals surface area contributed by atoms with E-state index in [9.17, 15) is 27.0 Å². The molecule has 1 aromatic heterocycles. The van der Waals surface area contributed by atoms with E-state index in [0.29, 0.717) is 6.54 Å². The summed E-state index contributed by atoms with van der Waals surface area (Å²) in [6.45, 7) is 2.15. The third-order valence-electron chi connectivity index (χ3n) is 5.49. The van der Waals surface area contributed by atoms with Crippen LogP contribution < -0.4 is 14.9 Å². The van der Waals surface area contributed by atoms with Crippen molar-refractivity contribution in [3.8, 4) is 11.5 Å². The van der Waals surface area contributed by atoms with Crippen molar-refractivity contribution in [2.24, 2.45) is 0 Å². The Labute approximate surface area is 190 Å². The summed E-state index contributed by atoms with van der Waals surface area (Å²) in [5, 5.41) is -0.0479. The number of ether oxygens (including phenoxy) is 3. The number of benzene rings is 1. The van der Waals surface area contributed by atoms with Gasteiger partial charge >= 0.3 is 12.1 Å². The fraction of sp³-hybridized carbons (Fsp3) is 0.524. The fourth-order valence-corrected chi connectivity index (χ4v) is 4.64. The van der Waals surface area contributed by atoms with E-state index in [1.54, 1.807) is 18.9 Å². The van der Waals surface area contributed by atoms with Crippen LogP contribution in [-0.2, 0) is 20.3 Å². The Morgan fingerprint density at radius 1 is 1.24 bits per heavy atom. The van der Waals surface area contributed by atoms with Gasteiger partial charge in [0.05, 0.1) is 25.0 Å². The van der Waals surface area contributed by atoms with Gasteiger partial charge < -0.3 is 23.5 Å². The van der Waals surface area contributed by atoms with Gasteiger partial charge in [-0.3, -0.25) is 9.00 Å². The summed E-state index contributed by atoms with van der Waals surface area (Å²) in [7, 11) is 2.77. The lowest BCUT2D eigenvalue weighted by molar-refractivity contribution is -0.207. The highest BCUT2D eigenvalue weighted by Gasteiger charge is 2.45. The third-order valence-corrected chi connectivity index (χ3v) is 6.67. The highest BCUT2D eigenvalue weighted by atomic mass is 32.2. The van der Waals surface area contributed by atoms with Gasteiger partial charge in [0.2, 0.25) is 0 Å². The molecule has 1 saturated heterocycles. The van der Waals surface area contributed by atoms with E-state index in [1.807, 2.05) is 0 Å². The van der Waals surface area contributed by atoms with Crippen LogP contribution in [0.3, 0.4) is 0 Å². The molecule has 8 nitrogen and oxygen atoms in total. The Bertz CT molecular complexity index is 1130. The smallest absolute Gasteiger partial charge is 0.490 e. The van der Waals surface area contributed by atoms with Gasteiger partial charge in [0, 0.05) is 35.9 Å². The zero-order chi connectivity index (χ0) is 24.5. The molecule has 0 spiro atoms. The van der Waals surface area contributed by atoms with Crippen LogP contribution >= 0.6 is 0 Å². The van der Waals surface area contributed by atoms with Gasteiger partial charge in [0.25, 0.3) is 0 Å². The minimum Gasteiger partial charge on any atom is -0.496 e. The molecule has 3 unspecified atom stereocenters. The van der Waals surface area contributed by atoms with Crippen molar-refractivity contribution in [2.45, 2.75) is 36.6 Å². The van der Waals surface area contributed by atoms with E-state index in [1.165, 1.54) is 20.3 Å². The molecule has 0 amide bonds. The summed E-state index contributed by atoms with van der Waals surface area (Å²) in [5.74, 6) is -2.59. The second-order valence-corrected chi connectivity index (χ2v) is 9.23. The van der Waals surface area contributed by atoms with Gasteiger partial charge in [0.1, 0.15) is 23.0 Å². The number of fused-ring (bicyclic) bond motifs is 1. The molecule has 0 bridgehead atoms. The minimum absolute atomic E-state index is 0.0156. The first-order valence-electron chi connectivity index (χ1n) is 10.1. The number of halogens is 3. The van der Waals surface area contributed by atoms with Crippen molar-refractivity contribution in [2.75, 3.05) is 40.1 Å². The summed E-state index contributed by atoms with van der Waals surface area (Å²) in [6.07, 6.45) is -6.08. The molecule has 0 radical (unpaired) electrons. The maximum absolute atomic E-state index is 12.9. The average Bonchev–Trinajstić information content (AvgIpc) is 2.77. The summed E-state index contributed by atoms with van der Waals surface area (Å²) in [6, 6.07) is 2.54. The molecule has 0 aliphatic carbocycles. The Morgan fingerprint density at radius 3 is 2.48 bits per heavy atom. The molecule has 182 valence electrons. The number of rotatable bonds is 6. The van der Waals surface area contributed by atoms with Crippen LogP contribution in [0.5, 0.6) is 11.5 Å². The number of alkyl halides is 3. The monoisotopic (exact) mass is 491 g/mol. The van der Waals surface area contributed by atoms with Crippen LogP contribution in [0.1, 0.15) is 24.8 Å². The molecule has 3 rings (SSSR count). The lowest BCUT2D eigenvalue weighted by Crippen LogP contribution is -2.45. The summed E-state index contributed by atoms with van der Waals surface area (Å²) < 4.78 is 72.7. The Morgan fingerprint density at radius 2 is 1.91 bits per heavy atom. The van der Waals surface area contributed by atoms with Crippen LogP contribution in [0.25, 0.3) is 11.0 Å². The second kappa shape index (κ2) is 9.72. The molecule has 2 heterocycles. The second-order valence-electron chi connectivity index (χ2n) is 7.56. The molecule has 2 aromatic rings. The topological polar surface area (TPSA) is 95.3 Å². The number of hydrogen-bond acceptors (Lipinski definition) is 8. The summed E-state index contributed by atoms with van der Waals surface area (Å²) in [4.78, 5) is 26.3. The van der Waals surface area contributed by atoms with Crippen molar-refractivity contribution in [3.05, 3.63) is 27.9 Å². The number of likely N-dealkylation sites (N-methyl/N-ethyl adjacent to an activating group) is 1. The first kappa shape index (κ1) is 25.0. The highest BCUT2D eigenvalue weighted by molar-refractivity contribution is 7.84. The normalized spacial score (nSPS) is 20.5. The molecular weight excluding hydrogens is 467 g/mol. The van der Waals surface area contributed by atoms with E-state index < -0.39 is 40.4 Å². The van der Waals surface area contributed by atoms with E-state index in [2.05, 4.69) is 0 Å². The van der Waals surface area contributed by atoms with Crippen molar-refractivity contribution < 1.29 is 40.8 Å². The number of carbonyl (C=O) groups excluding carboxylic acids is 1. The lowest BCUT2D eigenvalue weighted by atomic mass is 9.85. The number of piperidine rings is 1. The van der Waals surface area contributed by atoms with Crippen LogP contribution in [0, 0.1) is 0 Å². The number of nitrogens with zero attached hydrogens (tertiary/aromatic N) is 1. The van der Waals surface area contributed by atoms with E-state index in [4.69, 9.17) is 18.6 Å². The molecular formula is C21H24F3NO7S. The standard InChI is InChI=1S/C21H24F3NO7S/c1-5-33(28)16-8-12(26)18-14(30-4)9-13(29-3)17(19(18)32-16)11-6-7-25(2)10-15(11)31-20(27)21(22,23)24/h8-9,11,15H,5-7,10H2,1-4H3. The zero-order valence-electron chi connectivity index (χ0n) is 18.5. The molecule has 0 N–H and O–H groups in total. The lowest BCUT2D eigenvalue weighted by Gasteiger charge is -2.37. The maximum atomic E-state index is 12.9. The largest absolute Gasteiger partial charge is 0.496 e. The van der Waals surface area contributed by atoms with Gasteiger partial charge in [0.15, 0.2) is 16.1 Å². The molecule has 12 heteroatoms. The quantitative estimate of drug-likeness (QED) is 0.570. The van der Waals surface area contributed by atoms with Crippen LogP contribution in [0.15, 0.2) is 26.4 Å². The first-order valence-corrected chi connectivity index (χ1v) is 11.4. The Hall–Kier alpha value is -2.60. The van der Waals surface area contributed by atoms with Crippen LogP contribution in [0.2, 0.25) is 0 Å². The predicted molar refractivity (Wildman–Crippen MR) is 113 cm³/mol. The van der Waals surface area contributed by atoms with E-state index >= 15 is 0 Å². The van der Waals surface area contributed by atoms with E-state index in [-0.39, 0.29) is 51.8 Å². The first-order chi connectivity index (χ1) is 15.5. The number of esters is 1. The van der Waals surface area contributed by atoms with Crippen LogP contribution in [0.4, 0.5) is 13.2 Å². The Kier molecular flexibility index (Phi) is 7.37. The zero-order valence-corrected chi connectivity index (χ0v) is 19.3. The highest BCUT2D eigenvalue weighted by Crippen LogP contribution is 2.43. The van der Waals surface area contributed by atoms with Crippen molar-refractivity contribution in [1.82, 2.24) is 4.90 Å². The fourth-order valence-electron chi connectivity index (χ4n) is 3.94. The van der Waals surface area contributed by atoms with Gasteiger partial charge in [-0.15, -0.1) is 0 Å². The maximum Gasteiger partial charge on any atom is 0.490 e. The SMILES string of the molecule is CCS(=O)c1cc(=O)c2c(OC)cc(OC)c(C3CCN(C)CC3OC(=O)C(F)(F)F)c2o1. The molecule has 3 atom stereocenters. The molecule has 1 fully saturated rings. The van der Waals surface area contributed by atoms with Gasteiger partial charge in [-0.2, -0.15) is 13.2 Å². The van der Waals surface area contributed by atoms with Crippen molar-refractivity contribution >= 4 is 27.7 Å². The number of methoxy groups -OCH3 is 2. The van der Waals surface area contributed by atoms with Crippen LogP contribution in [-0.4, -0.2) is 67.5 Å².